The van der Waals surface area contributed by atoms with Crippen LogP contribution in [0, 0.1) is 5.92 Å². The highest BCUT2D eigenvalue weighted by Gasteiger charge is 2.34. The second kappa shape index (κ2) is 10.1. The van der Waals surface area contributed by atoms with E-state index in [0.29, 0.717) is 71.1 Å². The number of piperidine rings is 1. The summed E-state index contributed by atoms with van der Waals surface area (Å²) in [7, 11) is 0. The predicted molar refractivity (Wildman–Crippen MR) is 128 cm³/mol. The lowest BCUT2D eigenvalue weighted by Gasteiger charge is -2.31. The first-order valence-electron chi connectivity index (χ1n) is 10.6. The van der Waals surface area contributed by atoms with E-state index in [1.165, 1.54) is 0 Å². The van der Waals surface area contributed by atoms with Crippen molar-refractivity contribution in [1.29, 1.82) is 0 Å². The van der Waals surface area contributed by atoms with Crippen molar-refractivity contribution in [3.8, 4) is 0 Å². The molecule has 0 spiro atoms. The van der Waals surface area contributed by atoms with E-state index in [1.807, 2.05) is 4.90 Å². The lowest BCUT2D eigenvalue weighted by atomic mass is 9.97. The molecule has 0 amide bonds. The third-order valence-corrected chi connectivity index (χ3v) is 7.31. The molecule has 34 heavy (non-hydrogen) atoms. The number of hydrogen-bond acceptors (Lipinski definition) is 7. The number of carbonyl (C=O) groups excluding carboxylic acids is 1. The summed E-state index contributed by atoms with van der Waals surface area (Å²) in [4.78, 5) is 22.4. The minimum Gasteiger partial charge on any atom is -0.466 e. The molecule has 1 N–H and O–H groups in total. The molecule has 12 heteroatoms. The summed E-state index contributed by atoms with van der Waals surface area (Å²) in [6.45, 7) is 3.37. The molecule has 1 fully saturated rings. The highest BCUT2D eigenvalue weighted by Crippen LogP contribution is 2.40. The first-order chi connectivity index (χ1) is 16.2. The summed E-state index contributed by atoms with van der Waals surface area (Å²) in [6, 6.07) is 6.18. The molecular formula is C22H21Cl2F3N4O2S. The Morgan fingerprint density at radius 1 is 1.21 bits per heavy atom. The SMILES string of the molecule is CCOC(=O)C1CCN(c2nc(NCc3ccc(Cl)c(Cl)c3)c3cc(C(F)(F)F)sc3n2)CC1. The van der Waals surface area contributed by atoms with E-state index in [-0.39, 0.29) is 23.3 Å². The van der Waals surface area contributed by atoms with Crippen LogP contribution in [-0.2, 0) is 22.3 Å². The topological polar surface area (TPSA) is 67.3 Å². The standard InChI is InChI=1S/C22H21Cl2F3N4O2S/c1-2-33-20(32)13-5-7-31(8-6-13)21-29-18(28-11-12-3-4-15(23)16(24)9-12)14-10-17(22(25,26)27)34-19(14)30-21/h3-4,9-10,13H,2,5-8,11H2,1H3,(H,28,29,30). The molecule has 3 aromatic rings. The van der Waals surface area contributed by atoms with Gasteiger partial charge in [-0.2, -0.15) is 18.2 Å². The van der Waals surface area contributed by atoms with Crippen LogP contribution in [0.4, 0.5) is 24.9 Å². The summed E-state index contributed by atoms with van der Waals surface area (Å²) < 4.78 is 45.3. The Kier molecular flexibility index (Phi) is 7.39. The van der Waals surface area contributed by atoms with Crippen LogP contribution in [0.3, 0.4) is 0 Å². The molecule has 0 bridgehead atoms. The zero-order chi connectivity index (χ0) is 24.5. The number of aromatic nitrogens is 2. The second-order valence-electron chi connectivity index (χ2n) is 7.81. The molecule has 1 aliphatic rings. The maximum absolute atomic E-state index is 13.4. The quantitative estimate of drug-likeness (QED) is 0.370. The molecule has 0 unspecified atom stereocenters. The van der Waals surface area contributed by atoms with Crippen molar-refractivity contribution in [2.45, 2.75) is 32.5 Å². The van der Waals surface area contributed by atoms with Crippen LogP contribution in [0.5, 0.6) is 0 Å². The van der Waals surface area contributed by atoms with Crippen LogP contribution in [-0.4, -0.2) is 35.6 Å². The van der Waals surface area contributed by atoms with Gasteiger partial charge in [0, 0.05) is 19.6 Å². The smallest absolute Gasteiger partial charge is 0.425 e. The first-order valence-corrected chi connectivity index (χ1v) is 12.2. The van der Waals surface area contributed by atoms with Gasteiger partial charge in [0.25, 0.3) is 0 Å². The lowest BCUT2D eigenvalue weighted by Crippen LogP contribution is -2.38. The van der Waals surface area contributed by atoms with E-state index in [0.717, 1.165) is 11.6 Å². The van der Waals surface area contributed by atoms with E-state index < -0.39 is 11.1 Å². The van der Waals surface area contributed by atoms with Gasteiger partial charge in [0.05, 0.1) is 28.0 Å². The molecule has 1 aromatic carbocycles. The van der Waals surface area contributed by atoms with Crippen molar-refractivity contribution in [1.82, 2.24) is 9.97 Å². The number of esters is 1. The fourth-order valence-electron chi connectivity index (χ4n) is 3.74. The number of hydrogen-bond donors (Lipinski definition) is 1. The molecule has 3 heterocycles. The highest BCUT2D eigenvalue weighted by atomic mass is 35.5. The van der Waals surface area contributed by atoms with Crippen LogP contribution >= 0.6 is 34.5 Å². The Morgan fingerprint density at radius 2 is 1.94 bits per heavy atom. The third-order valence-electron chi connectivity index (χ3n) is 5.50. The maximum Gasteiger partial charge on any atom is 0.425 e. The number of carbonyl (C=O) groups is 1. The van der Waals surface area contributed by atoms with E-state index >= 15 is 0 Å². The van der Waals surface area contributed by atoms with E-state index in [9.17, 15) is 18.0 Å². The van der Waals surface area contributed by atoms with E-state index in [2.05, 4.69) is 15.3 Å². The molecule has 6 nitrogen and oxygen atoms in total. The van der Waals surface area contributed by atoms with Crippen molar-refractivity contribution in [2.24, 2.45) is 5.92 Å². The Hall–Kier alpha value is -2.30. The molecular weight excluding hydrogens is 512 g/mol. The number of alkyl halides is 3. The predicted octanol–water partition coefficient (Wildman–Crippen LogP) is 6.41. The van der Waals surface area contributed by atoms with E-state index in [4.69, 9.17) is 27.9 Å². The molecule has 2 aromatic heterocycles. The largest absolute Gasteiger partial charge is 0.466 e. The zero-order valence-corrected chi connectivity index (χ0v) is 20.4. The number of fused-ring (bicyclic) bond motifs is 1. The summed E-state index contributed by atoms with van der Waals surface area (Å²) >= 11 is 12.6. The number of benzene rings is 1. The van der Waals surface area contributed by atoms with Gasteiger partial charge in [-0.05, 0) is 43.5 Å². The summed E-state index contributed by atoms with van der Waals surface area (Å²) in [5.41, 5.74) is 0.796. The Labute approximate surface area is 208 Å². The molecule has 1 aliphatic heterocycles. The van der Waals surface area contributed by atoms with Crippen molar-refractivity contribution < 1.29 is 22.7 Å². The number of anilines is 2. The number of nitrogens with one attached hydrogen (secondary N) is 1. The average Bonchev–Trinajstić information content (AvgIpc) is 3.25. The summed E-state index contributed by atoms with van der Waals surface area (Å²) in [5, 5.41) is 4.21. The minimum atomic E-state index is -4.48. The van der Waals surface area contributed by atoms with Crippen LogP contribution in [0.25, 0.3) is 10.2 Å². The van der Waals surface area contributed by atoms with Crippen LogP contribution in [0.1, 0.15) is 30.2 Å². The zero-order valence-electron chi connectivity index (χ0n) is 18.1. The number of ether oxygens (including phenoxy) is 1. The fourth-order valence-corrected chi connectivity index (χ4v) is 4.95. The molecule has 1 saturated heterocycles. The van der Waals surface area contributed by atoms with Crippen LogP contribution in [0.2, 0.25) is 10.0 Å². The molecule has 0 atom stereocenters. The van der Waals surface area contributed by atoms with Crippen molar-refractivity contribution in [3.63, 3.8) is 0 Å². The monoisotopic (exact) mass is 532 g/mol. The van der Waals surface area contributed by atoms with Crippen molar-refractivity contribution >= 4 is 62.5 Å². The van der Waals surface area contributed by atoms with Crippen LogP contribution < -0.4 is 10.2 Å². The first kappa shape index (κ1) is 24.8. The molecule has 0 radical (unpaired) electrons. The molecule has 4 rings (SSSR count). The Bertz CT molecular complexity index is 1200. The minimum absolute atomic E-state index is 0.203. The summed E-state index contributed by atoms with van der Waals surface area (Å²) in [6.07, 6.45) is -3.36. The van der Waals surface area contributed by atoms with Crippen molar-refractivity contribution in [2.75, 3.05) is 29.9 Å². The normalized spacial score (nSPS) is 15.1. The van der Waals surface area contributed by atoms with Gasteiger partial charge in [0.15, 0.2) is 0 Å². The van der Waals surface area contributed by atoms with Gasteiger partial charge in [-0.3, -0.25) is 4.79 Å². The number of nitrogens with zero attached hydrogens (tertiary/aromatic N) is 3. The molecule has 0 saturated carbocycles. The Balaban J connectivity index is 1.61. The Morgan fingerprint density at radius 3 is 2.59 bits per heavy atom. The fraction of sp³-hybridized carbons (Fsp3) is 0.409. The van der Waals surface area contributed by atoms with Crippen LogP contribution in [0.15, 0.2) is 24.3 Å². The number of halogens is 5. The molecule has 182 valence electrons. The average molecular weight is 533 g/mol. The summed E-state index contributed by atoms with van der Waals surface area (Å²) in [5.74, 6) is 0.189. The van der Waals surface area contributed by atoms with Gasteiger partial charge in [0.1, 0.15) is 15.5 Å². The number of thiophene rings is 1. The van der Waals surface area contributed by atoms with Crippen molar-refractivity contribution in [3.05, 3.63) is 44.8 Å². The lowest BCUT2D eigenvalue weighted by molar-refractivity contribution is -0.148. The van der Waals surface area contributed by atoms with Gasteiger partial charge in [0.2, 0.25) is 5.95 Å². The van der Waals surface area contributed by atoms with Gasteiger partial charge in [-0.25, -0.2) is 4.98 Å². The highest BCUT2D eigenvalue weighted by molar-refractivity contribution is 7.18. The van der Waals surface area contributed by atoms with Gasteiger partial charge >= 0.3 is 12.1 Å². The van der Waals surface area contributed by atoms with Gasteiger partial charge in [-0.15, -0.1) is 11.3 Å². The van der Waals surface area contributed by atoms with Gasteiger partial charge in [-0.1, -0.05) is 29.3 Å². The van der Waals surface area contributed by atoms with Gasteiger partial charge < -0.3 is 15.0 Å². The molecule has 0 aliphatic carbocycles. The second-order valence-corrected chi connectivity index (χ2v) is 9.66. The van der Waals surface area contributed by atoms with E-state index in [1.54, 1.807) is 25.1 Å². The maximum atomic E-state index is 13.4. The third kappa shape index (κ3) is 5.50. The number of rotatable bonds is 6.